The van der Waals surface area contributed by atoms with Crippen molar-refractivity contribution in [2.24, 2.45) is 0 Å². The van der Waals surface area contributed by atoms with Crippen LogP contribution in [-0.2, 0) is 14.3 Å². The number of hydrogen-bond acceptors (Lipinski definition) is 4. The van der Waals surface area contributed by atoms with Gasteiger partial charge in [-0.3, -0.25) is 5.32 Å². The first-order valence-electron chi connectivity index (χ1n) is 5.58. The molecule has 0 atom stereocenters. The van der Waals surface area contributed by atoms with Crippen molar-refractivity contribution in [1.82, 2.24) is 5.32 Å². The lowest BCUT2D eigenvalue weighted by molar-refractivity contribution is -0.136. The zero-order chi connectivity index (χ0) is 13.5. The average Bonchev–Trinajstić information content (AvgIpc) is 2.20. The van der Waals surface area contributed by atoms with E-state index >= 15 is 0 Å². The summed E-state index contributed by atoms with van der Waals surface area (Å²) in [6.45, 7) is 7.22. The number of methoxy groups -OCH3 is 1. The van der Waals surface area contributed by atoms with E-state index in [4.69, 9.17) is 4.74 Å². The Morgan fingerprint density at radius 2 is 1.88 bits per heavy atom. The maximum atomic E-state index is 11.5. The van der Waals surface area contributed by atoms with Crippen molar-refractivity contribution in [3.63, 3.8) is 0 Å². The quantitative estimate of drug-likeness (QED) is 0.608. The molecule has 0 heterocycles. The molecule has 0 fully saturated rings. The number of nitrogens with one attached hydrogen (secondary N) is 1. The summed E-state index contributed by atoms with van der Waals surface area (Å²) in [5.74, 6) is -0.579. The summed E-state index contributed by atoms with van der Waals surface area (Å²) in [5.41, 5.74) is -0.487. The first kappa shape index (κ1) is 15.5. The van der Waals surface area contributed by atoms with Crippen LogP contribution in [0.4, 0.5) is 4.79 Å². The summed E-state index contributed by atoms with van der Waals surface area (Å²) in [5, 5.41) is 2.38. The number of rotatable bonds is 4. The Kier molecular flexibility index (Phi) is 6.31. The molecular formula is C12H21NO4. The monoisotopic (exact) mass is 243 g/mol. The van der Waals surface area contributed by atoms with Crippen LogP contribution < -0.4 is 5.32 Å². The largest absolute Gasteiger partial charge is 0.464 e. The van der Waals surface area contributed by atoms with Crippen LogP contribution in [0.25, 0.3) is 0 Å². The highest BCUT2D eigenvalue weighted by atomic mass is 16.6. The molecule has 0 bridgehead atoms. The van der Waals surface area contributed by atoms with Gasteiger partial charge in [-0.15, -0.1) is 0 Å². The summed E-state index contributed by atoms with van der Waals surface area (Å²) in [7, 11) is 1.26. The van der Waals surface area contributed by atoms with Gasteiger partial charge in [0.25, 0.3) is 0 Å². The SMILES string of the molecule is CCC/C=C(\NC(=O)OC(C)(C)C)C(=O)OC. The minimum Gasteiger partial charge on any atom is -0.464 e. The Morgan fingerprint density at radius 3 is 2.29 bits per heavy atom. The first-order chi connectivity index (χ1) is 7.80. The van der Waals surface area contributed by atoms with Crippen molar-refractivity contribution in [3.05, 3.63) is 11.8 Å². The highest BCUT2D eigenvalue weighted by Gasteiger charge is 2.19. The Balaban J connectivity index is 4.54. The molecule has 0 aliphatic heterocycles. The second-order valence-electron chi connectivity index (χ2n) is 4.52. The molecular weight excluding hydrogens is 222 g/mol. The fourth-order valence-electron chi connectivity index (χ4n) is 0.998. The maximum absolute atomic E-state index is 11.5. The molecule has 17 heavy (non-hydrogen) atoms. The van der Waals surface area contributed by atoms with Crippen molar-refractivity contribution < 1.29 is 19.1 Å². The zero-order valence-electron chi connectivity index (χ0n) is 11.1. The molecule has 98 valence electrons. The van der Waals surface area contributed by atoms with Gasteiger partial charge in [-0.25, -0.2) is 9.59 Å². The fraction of sp³-hybridized carbons (Fsp3) is 0.667. The number of carbonyl (C=O) groups excluding carboxylic acids is 2. The van der Waals surface area contributed by atoms with Gasteiger partial charge in [0.1, 0.15) is 11.3 Å². The molecule has 0 aromatic rings. The number of esters is 1. The Hall–Kier alpha value is -1.52. The number of carbonyl (C=O) groups is 2. The molecule has 1 amide bonds. The summed E-state index contributed by atoms with van der Waals surface area (Å²) >= 11 is 0. The third-order valence-electron chi connectivity index (χ3n) is 1.68. The number of alkyl carbamates (subject to hydrolysis) is 1. The molecule has 1 N–H and O–H groups in total. The minimum atomic E-state index is -0.662. The van der Waals surface area contributed by atoms with E-state index in [-0.39, 0.29) is 5.70 Å². The van der Waals surface area contributed by atoms with Gasteiger partial charge < -0.3 is 9.47 Å². The average molecular weight is 243 g/mol. The Morgan fingerprint density at radius 1 is 1.29 bits per heavy atom. The van der Waals surface area contributed by atoms with Gasteiger partial charge in [0.15, 0.2) is 0 Å². The number of allylic oxidation sites excluding steroid dienone is 1. The number of hydrogen-bond donors (Lipinski definition) is 1. The minimum absolute atomic E-state index is 0.114. The first-order valence-corrected chi connectivity index (χ1v) is 5.58. The van der Waals surface area contributed by atoms with Crippen LogP contribution in [0.3, 0.4) is 0 Å². The summed E-state index contributed by atoms with van der Waals surface area (Å²) in [4.78, 5) is 22.8. The van der Waals surface area contributed by atoms with E-state index in [0.29, 0.717) is 6.42 Å². The van der Waals surface area contributed by atoms with Gasteiger partial charge in [-0.1, -0.05) is 19.4 Å². The van der Waals surface area contributed by atoms with E-state index in [1.165, 1.54) is 7.11 Å². The third kappa shape index (κ3) is 7.38. The van der Waals surface area contributed by atoms with Crippen molar-refractivity contribution in [2.75, 3.05) is 7.11 Å². The normalized spacial score (nSPS) is 11.9. The molecule has 0 aliphatic rings. The molecule has 0 saturated carbocycles. The molecule has 0 aromatic carbocycles. The Bertz CT molecular complexity index is 302. The van der Waals surface area contributed by atoms with Crippen LogP contribution in [0.1, 0.15) is 40.5 Å². The van der Waals surface area contributed by atoms with E-state index in [2.05, 4.69) is 10.1 Å². The van der Waals surface area contributed by atoms with E-state index in [9.17, 15) is 9.59 Å². The van der Waals surface area contributed by atoms with E-state index in [1.54, 1.807) is 26.8 Å². The van der Waals surface area contributed by atoms with Crippen molar-refractivity contribution in [2.45, 2.75) is 46.1 Å². The van der Waals surface area contributed by atoms with E-state index < -0.39 is 17.7 Å². The molecule has 0 spiro atoms. The number of unbranched alkanes of at least 4 members (excludes halogenated alkanes) is 1. The van der Waals surface area contributed by atoms with Crippen LogP contribution in [-0.4, -0.2) is 24.8 Å². The number of amides is 1. The van der Waals surface area contributed by atoms with Crippen molar-refractivity contribution >= 4 is 12.1 Å². The lowest BCUT2D eigenvalue weighted by Gasteiger charge is -2.20. The van der Waals surface area contributed by atoms with Gasteiger partial charge in [0.05, 0.1) is 7.11 Å². The standard InChI is InChI=1S/C12H21NO4/c1-6-7-8-9(10(14)16-5)13-11(15)17-12(2,3)4/h8H,6-7H2,1-5H3,(H,13,15)/b9-8-. The van der Waals surface area contributed by atoms with Crippen LogP contribution >= 0.6 is 0 Å². The molecule has 0 rings (SSSR count). The molecule has 5 nitrogen and oxygen atoms in total. The molecule has 5 heteroatoms. The lowest BCUT2D eigenvalue weighted by atomic mass is 10.2. The van der Waals surface area contributed by atoms with Crippen LogP contribution in [0.15, 0.2) is 11.8 Å². The highest BCUT2D eigenvalue weighted by molar-refractivity contribution is 5.92. The third-order valence-corrected chi connectivity index (χ3v) is 1.68. The van der Waals surface area contributed by atoms with Gasteiger partial charge in [-0.2, -0.15) is 0 Å². The van der Waals surface area contributed by atoms with Crippen molar-refractivity contribution in [1.29, 1.82) is 0 Å². The second kappa shape index (κ2) is 6.93. The summed E-state index contributed by atoms with van der Waals surface area (Å²) in [6, 6.07) is 0. The van der Waals surface area contributed by atoms with Crippen molar-refractivity contribution in [3.8, 4) is 0 Å². The molecule has 0 aliphatic carbocycles. The topological polar surface area (TPSA) is 64.6 Å². The smallest absolute Gasteiger partial charge is 0.412 e. The molecule has 0 unspecified atom stereocenters. The summed E-state index contributed by atoms with van der Waals surface area (Å²) in [6.07, 6.45) is 2.51. The highest BCUT2D eigenvalue weighted by Crippen LogP contribution is 2.08. The number of ether oxygens (including phenoxy) is 2. The van der Waals surface area contributed by atoms with Gasteiger partial charge in [0, 0.05) is 0 Å². The molecule has 0 aromatic heterocycles. The van der Waals surface area contributed by atoms with Crippen LogP contribution in [0.2, 0.25) is 0 Å². The maximum Gasteiger partial charge on any atom is 0.412 e. The van der Waals surface area contributed by atoms with Crippen LogP contribution in [0, 0.1) is 0 Å². The van der Waals surface area contributed by atoms with Gasteiger partial charge in [0.2, 0.25) is 0 Å². The van der Waals surface area contributed by atoms with Crippen LogP contribution in [0.5, 0.6) is 0 Å². The Labute approximate surface area is 102 Å². The zero-order valence-corrected chi connectivity index (χ0v) is 11.1. The predicted octanol–water partition coefficient (Wildman–Crippen LogP) is 2.37. The lowest BCUT2D eigenvalue weighted by Crippen LogP contribution is -2.34. The van der Waals surface area contributed by atoms with E-state index in [1.807, 2.05) is 6.92 Å². The van der Waals surface area contributed by atoms with E-state index in [0.717, 1.165) is 6.42 Å². The second-order valence-corrected chi connectivity index (χ2v) is 4.52. The molecule has 0 radical (unpaired) electrons. The van der Waals surface area contributed by atoms with Gasteiger partial charge >= 0.3 is 12.1 Å². The molecule has 0 saturated heterocycles. The fourth-order valence-corrected chi connectivity index (χ4v) is 0.998. The predicted molar refractivity (Wildman–Crippen MR) is 64.4 cm³/mol. The van der Waals surface area contributed by atoms with Gasteiger partial charge in [-0.05, 0) is 27.2 Å². The summed E-state index contributed by atoms with van der Waals surface area (Å²) < 4.78 is 9.61.